The van der Waals surface area contributed by atoms with Crippen LogP contribution in [0.2, 0.25) is 0 Å². The van der Waals surface area contributed by atoms with Crippen LogP contribution in [-0.4, -0.2) is 11.6 Å². The van der Waals surface area contributed by atoms with Gasteiger partial charge in [-0.15, -0.1) is 0 Å². The first-order valence-electron chi connectivity index (χ1n) is 13.4. The Morgan fingerprint density at radius 1 is 1.00 bits per heavy atom. The Hall–Kier alpha value is -2.20. The molecular formula is C32H44N2O2. The highest BCUT2D eigenvalue weighted by Gasteiger charge is 2.69. The third-order valence-electron chi connectivity index (χ3n) is 12.1. The van der Waals surface area contributed by atoms with Crippen LogP contribution >= 0.6 is 0 Å². The average molecular weight is 489 g/mol. The van der Waals surface area contributed by atoms with E-state index in [1.54, 1.807) is 0 Å². The van der Waals surface area contributed by atoms with Crippen molar-refractivity contribution in [3.8, 4) is 6.07 Å². The predicted molar refractivity (Wildman–Crippen MR) is 142 cm³/mol. The summed E-state index contributed by atoms with van der Waals surface area (Å²) in [4.78, 5) is 31.0. The van der Waals surface area contributed by atoms with Gasteiger partial charge in [0.1, 0.15) is 0 Å². The third kappa shape index (κ3) is 3.03. The number of allylic oxidation sites excluding steroid dienone is 4. The van der Waals surface area contributed by atoms with E-state index in [0.29, 0.717) is 0 Å². The Labute approximate surface area is 218 Å². The largest absolute Gasteiger partial charge is 0.307 e. The number of Topliss-reactive ketones (excluding diaryl/α,β-unsaturated/α-hetero) is 1. The molecule has 4 heteroatoms. The predicted octanol–water partition coefficient (Wildman–Crippen LogP) is 7.72. The maximum atomic E-state index is 14.2. The monoisotopic (exact) mass is 488 g/mol. The van der Waals surface area contributed by atoms with Crippen LogP contribution in [0.4, 0.5) is 0 Å². The van der Waals surface area contributed by atoms with Crippen molar-refractivity contribution in [2.75, 3.05) is 0 Å². The van der Waals surface area contributed by atoms with Gasteiger partial charge in [0.15, 0.2) is 11.6 Å². The van der Waals surface area contributed by atoms with Crippen LogP contribution < -0.4 is 0 Å². The summed E-state index contributed by atoms with van der Waals surface area (Å²) >= 11 is 0. The summed E-state index contributed by atoms with van der Waals surface area (Å²) in [7, 11) is 0. The minimum Gasteiger partial charge on any atom is -0.307 e. The van der Waals surface area contributed by atoms with Crippen LogP contribution in [0, 0.1) is 68.1 Å². The molecule has 0 radical (unpaired) electrons. The standard InChI is InChI=1S/C31H40N2O2.CH4/c1-26(2)11-13-31(18-32)14-12-30(7)24(19(31)16-26)21(34)15-23-28(5)17-20(33-8)25(35)27(3,4)22(28)9-10-29(23,30)6;/h15,17,19,22,24H,9-14,16H2,1-7H3;1H4/t19-,22-,24-,28-,29+,30+,31+;/m0./s1. The molecule has 4 nitrogen and oxygen atoms in total. The molecule has 0 aromatic rings. The van der Waals surface area contributed by atoms with Gasteiger partial charge in [-0.1, -0.05) is 67.5 Å². The zero-order valence-corrected chi connectivity index (χ0v) is 22.5. The number of carbonyl (C=O) groups is 2. The highest BCUT2D eigenvalue weighted by molar-refractivity contribution is 6.03. The zero-order chi connectivity index (χ0) is 25.8. The van der Waals surface area contributed by atoms with Gasteiger partial charge in [0.2, 0.25) is 5.70 Å². The van der Waals surface area contributed by atoms with Crippen molar-refractivity contribution < 1.29 is 9.59 Å². The number of nitrogens with zero attached hydrogens (tertiary/aromatic N) is 2. The normalized spacial score (nSPS) is 46.2. The lowest BCUT2D eigenvalue weighted by molar-refractivity contribution is -0.163. The number of fused-ring (bicyclic) bond motifs is 7. The molecule has 5 aliphatic rings. The summed E-state index contributed by atoms with van der Waals surface area (Å²) in [6.45, 7) is 23.1. The Morgan fingerprint density at radius 2 is 1.64 bits per heavy atom. The SMILES string of the molecule is C.[C-]#[N+]C1=C[C@]2(C)C3=CC(=O)[C@@H]4[C@@H]5CC(C)(C)CC[C@]5(C#N)CC[C@@]4(C)[C@]3(C)CC[C@H]2C(C)(C)C1=O. The lowest BCUT2D eigenvalue weighted by Gasteiger charge is -2.68. The van der Waals surface area contributed by atoms with E-state index in [1.165, 1.54) is 0 Å². The quantitative estimate of drug-likeness (QED) is 0.328. The maximum Gasteiger partial charge on any atom is 0.226 e. The van der Waals surface area contributed by atoms with Crippen molar-refractivity contribution in [3.63, 3.8) is 0 Å². The van der Waals surface area contributed by atoms with E-state index in [2.05, 4.69) is 45.5 Å². The Kier molecular flexibility index (Phi) is 5.71. The van der Waals surface area contributed by atoms with Gasteiger partial charge in [0.25, 0.3) is 0 Å². The summed E-state index contributed by atoms with van der Waals surface area (Å²) in [5.74, 6) is 0.117. The van der Waals surface area contributed by atoms with Gasteiger partial charge in [-0.3, -0.25) is 4.79 Å². The van der Waals surface area contributed by atoms with Crippen molar-refractivity contribution in [3.05, 3.63) is 34.8 Å². The first-order chi connectivity index (χ1) is 16.1. The topological polar surface area (TPSA) is 62.3 Å². The van der Waals surface area contributed by atoms with E-state index in [1.807, 2.05) is 26.0 Å². The van der Waals surface area contributed by atoms with Crippen LogP contribution in [0.25, 0.3) is 4.85 Å². The fourth-order valence-corrected chi connectivity index (χ4v) is 9.79. The maximum absolute atomic E-state index is 14.2. The third-order valence-corrected chi connectivity index (χ3v) is 12.1. The molecule has 3 fully saturated rings. The molecule has 0 aromatic carbocycles. The van der Waals surface area contributed by atoms with Gasteiger partial charge < -0.3 is 4.79 Å². The summed E-state index contributed by atoms with van der Waals surface area (Å²) < 4.78 is 0. The minimum atomic E-state index is -0.637. The fraction of sp³-hybridized carbons (Fsp3) is 0.750. The Bertz CT molecular complexity index is 1180. The number of hydrogen-bond donors (Lipinski definition) is 0. The molecule has 0 saturated heterocycles. The van der Waals surface area contributed by atoms with Crippen LogP contribution in [0.3, 0.4) is 0 Å². The second-order valence-corrected chi connectivity index (χ2v) is 14.5. The van der Waals surface area contributed by atoms with E-state index >= 15 is 0 Å². The van der Waals surface area contributed by atoms with Crippen LogP contribution in [0.15, 0.2) is 23.4 Å². The molecular weight excluding hydrogens is 444 g/mol. The van der Waals surface area contributed by atoms with E-state index in [-0.39, 0.29) is 58.7 Å². The molecule has 0 amide bonds. The molecule has 36 heavy (non-hydrogen) atoms. The number of ketones is 2. The van der Waals surface area contributed by atoms with Gasteiger partial charge in [-0.2, -0.15) is 5.26 Å². The van der Waals surface area contributed by atoms with Crippen molar-refractivity contribution >= 4 is 11.6 Å². The number of rotatable bonds is 0. The van der Waals surface area contributed by atoms with Crippen molar-refractivity contribution in [1.29, 1.82) is 5.26 Å². The number of hydrogen-bond acceptors (Lipinski definition) is 3. The molecule has 194 valence electrons. The first-order valence-corrected chi connectivity index (χ1v) is 13.4. The van der Waals surface area contributed by atoms with Crippen LogP contribution in [0.5, 0.6) is 0 Å². The number of carbonyl (C=O) groups excluding carboxylic acids is 2. The first kappa shape index (κ1) is 26.9. The summed E-state index contributed by atoms with van der Waals surface area (Å²) in [6.07, 6.45) is 10.3. The van der Waals surface area contributed by atoms with Gasteiger partial charge in [-0.05, 0) is 79.1 Å². The molecule has 7 atom stereocenters. The average Bonchev–Trinajstić information content (AvgIpc) is 2.77. The van der Waals surface area contributed by atoms with E-state index in [0.717, 1.165) is 50.5 Å². The molecule has 0 heterocycles. The summed E-state index contributed by atoms with van der Waals surface area (Å²) in [6, 6.07) is 2.74. The Morgan fingerprint density at radius 3 is 2.25 bits per heavy atom. The van der Waals surface area contributed by atoms with Gasteiger partial charge in [-0.25, -0.2) is 4.85 Å². The molecule has 0 spiro atoms. The van der Waals surface area contributed by atoms with Crippen molar-refractivity contribution in [2.45, 2.75) is 101 Å². The molecule has 0 aliphatic heterocycles. The lowest BCUT2D eigenvalue weighted by atomic mass is 9.34. The molecule has 0 aromatic heterocycles. The van der Waals surface area contributed by atoms with E-state index < -0.39 is 16.2 Å². The van der Waals surface area contributed by atoms with Gasteiger partial charge in [0.05, 0.1) is 18.1 Å². The lowest BCUT2D eigenvalue weighted by Crippen LogP contribution is -2.64. The molecule has 0 bridgehead atoms. The smallest absolute Gasteiger partial charge is 0.226 e. The van der Waals surface area contributed by atoms with Crippen LogP contribution in [-0.2, 0) is 9.59 Å². The molecule has 3 saturated carbocycles. The fourth-order valence-electron chi connectivity index (χ4n) is 9.79. The molecule has 5 rings (SSSR count). The van der Waals surface area contributed by atoms with Crippen molar-refractivity contribution in [2.24, 2.45) is 50.2 Å². The second kappa shape index (κ2) is 7.66. The van der Waals surface area contributed by atoms with Gasteiger partial charge >= 0.3 is 0 Å². The molecule has 0 N–H and O–H groups in total. The van der Waals surface area contributed by atoms with E-state index in [9.17, 15) is 14.9 Å². The van der Waals surface area contributed by atoms with Crippen LogP contribution in [0.1, 0.15) is 101 Å². The summed E-state index contributed by atoms with van der Waals surface area (Å²) in [5.41, 5.74) is -0.483. The highest BCUT2D eigenvalue weighted by atomic mass is 16.1. The Balaban J connectivity index is 0.00000304. The van der Waals surface area contributed by atoms with Gasteiger partial charge in [0, 0.05) is 16.7 Å². The molecule has 5 aliphatic carbocycles. The number of nitriles is 1. The second-order valence-electron chi connectivity index (χ2n) is 14.5. The zero-order valence-electron chi connectivity index (χ0n) is 22.5. The minimum absolute atomic E-state index is 0. The highest BCUT2D eigenvalue weighted by Crippen LogP contribution is 2.74. The summed E-state index contributed by atoms with van der Waals surface area (Å²) in [5, 5.41) is 10.4. The molecule has 0 unspecified atom stereocenters. The van der Waals surface area contributed by atoms with E-state index in [4.69, 9.17) is 6.57 Å². The van der Waals surface area contributed by atoms with Crippen molar-refractivity contribution in [1.82, 2.24) is 0 Å².